The third-order valence-corrected chi connectivity index (χ3v) is 3.48. The minimum atomic E-state index is -0.0101. The monoisotopic (exact) mass is 302 g/mol. The lowest BCUT2D eigenvalue weighted by molar-refractivity contribution is -0.124. The first-order valence-electron chi connectivity index (χ1n) is 6.41. The highest BCUT2D eigenvalue weighted by molar-refractivity contribution is 6.35. The Morgan fingerprint density at radius 1 is 1.37 bits per heavy atom. The molecule has 1 amide bonds. The van der Waals surface area contributed by atoms with E-state index in [-0.39, 0.29) is 11.8 Å². The first kappa shape index (κ1) is 16.3. The maximum Gasteiger partial charge on any atom is 0.224 e. The molecule has 1 aromatic carbocycles. The molecule has 0 heterocycles. The Bertz CT molecular complexity index is 424. The largest absolute Gasteiger partial charge is 0.356 e. The van der Waals surface area contributed by atoms with E-state index in [1.807, 2.05) is 26.1 Å². The zero-order valence-electron chi connectivity index (χ0n) is 11.3. The summed E-state index contributed by atoms with van der Waals surface area (Å²) in [5, 5.41) is 7.23. The standard InChI is InChI=1S/C14H20Cl2N2O/c1-10(9-17-2)14(19)18-7-3-4-11-5-6-12(15)8-13(11)16/h5-6,8,10,17H,3-4,7,9H2,1-2H3,(H,18,19). The van der Waals surface area contributed by atoms with Gasteiger partial charge in [0.2, 0.25) is 5.91 Å². The third kappa shape index (κ3) is 5.81. The summed E-state index contributed by atoms with van der Waals surface area (Å²) >= 11 is 11.9. The normalized spacial score (nSPS) is 12.2. The van der Waals surface area contributed by atoms with Gasteiger partial charge >= 0.3 is 0 Å². The topological polar surface area (TPSA) is 41.1 Å². The second-order valence-electron chi connectivity index (χ2n) is 4.59. The number of hydrogen-bond donors (Lipinski definition) is 2. The van der Waals surface area contributed by atoms with Crippen LogP contribution < -0.4 is 10.6 Å². The van der Waals surface area contributed by atoms with Crippen LogP contribution in [0.3, 0.4) is 0 Å². The van der Waals surface area contributed by atoms with Gasteiger partial charge < -0.3 is 10.6 Å². The molecule has 0 radical (unpaired) electrons. The summed E-state index contributed by atoms with van der Waals surface area (Å²) in [5.74, 6) is 0.0701. The lowest BCUT2D eigenvalue weighted by Crippen LogP contribution is -2.34. The van der Waals surface area contributed by atoms with Crippen LogP contribution in [0.15, 0.2) is 18.2 Å². The third-order valence-electron chi connectivity index (χ3n) is 2.90. The van der Waals surface area contributed by atoms with E-state index in [2.05, 4.69) is 10.6 Å². The van der Waals surface area contributed by atoms with Gasteiger partial charge in [-0.3, -0.25) is 4.79 Å². The summed E-state index contributed by atoms with van der Waals surface area (Å²) in [7, 11) is 1.84. The second-order valence-corrected chi connectivity index (χ2v) is 5.43. The van der Waals surface area contributed by atoms with E-state index in [1.54, 1.807) is 6.07 Å². The molecule has 0 spiro atoms. The van der Waals surface area contributed by atoms with Crippen molar-refractivity contribution in [2.75, 3.05) is 20.1 Å². The molecule has 19 heavy (non-hydrogen) atoms. The van der Waals surface area contributed by atoms with Gasteiger partial charge in [0.1, 0.15) is 0 Å². The average molecular weight is 303 g/mol. The van der Waals surface area contributed by atoms with E-state index in [9.17, 15) is 4.79 Å². The van der Waals surface area contributed by atoms with Crippen LogP contribution in [0.4, 0.5) is 0 Å². The zero-order chi connectivity index (χ0) is 14.3. The molecule has 1 aromatic rings. The minimum Gasteiger partial charge on any atom is -0.356 e. The van der Waals surface area contributed by atoms with Crippen LogP contribution in [0, 0.1) is 5.92 Å². The molecule has 0 aliphatic rings. The Hall–Kier alpha value is -0.770. The van der Waals surface area contributed by atoms with Crippen molar-refractivity contribution in [3.63, 3.8) is 0 Å². The van der Waals surface area contributed by atoms with Crippen molar-refractivity contribution < 1.29 is 4.79 Å². The van der Waals surface area contributed by atoms with Crippen LogP contribution in [0.25, 0.3) is 0 Å². The summed E-state index contributed by atoms with van der Waals surface area (Å²) < 4.78 is 0. The molecule has 2 N–H and O–H groups in total. The first-order valence-corrected chi connectivity index (χ1v) is 7.16. The first-order chi connectivity index (χ1) is 9.04. The van der Waals surface area contributed by atoms with E-state index in [1.165, 1.54) is 0 Å². The van der Waals surface area contributed by atoms with E-state index < -0.39 is 0 Å². The van der Waals surface area contributed by atoms with Crippen molar-refractivity contribution in [1.29, 1.82) is 0 Å². The average Bonchev–Trinajstić information content (AvgIpc) is 2.36. The zero-order valence-corrected chi connectivity index (χ0v) is 12.8. The molecule has 0 aliphatic heterocycles. The van der Waals surface area contributed by atoms with Gasteiger partial charge in [0.25, 0.3) is 0 Å². The summed E-state index contributed by atoms with van der Waals surface area (Å²) in [5.41, 5.74) is 1.06. The number of halogens is 2. The fraction of sp³-hybridized carbons (Fsp3) is 0.500. The van der Waals surface area contributed by atoms with Crippen molar-refractivity contribution in [1.82, 2.24) is 10.6 Å². The second kappa shape index (κ2) is 8.41. The van der Waals surface area contributed by atoms with Crippen LogP contribution in [-0.2, 0) is 11.2 Å². The molecule has 0 fully saturated rings. The highest BCUT2D eigenvalue weighted by atomic mass is 35.5. The molecular weight excluding hydrogens is 283 g/mol. The van der Waals surface area contributed by atoms with Gasteiger partial charge in [-0.05, 0) is 37.6 Å². The van der Waals surface area contributed by atoms with E-state index in [0.29, 0.717) is 23.1 Å². The number of rotatable bonds is 7. The highest BCUT2D eigenvalue weighted by Gasteiger charge is 2.10. The predicted octanol–water partition coefficient (Wildman–Crippen LogP) is 2.90. The van der Waals surface area contributed by atoms with E-state index in [4.69, 9.17) is 23.2 Å². The van der Waals surface area contributed by atoms with Crippen LogP contribution in [0.1, 0.15) is 18.9 Å². The number of carbonyl (C=O) groups is 1. The van der Waals surface area contributed by atoms with Gasteiger partial charge in [-0.25, -0.2) is 0 Å². The Morgan fingerprint density at radius 3 is 2.74 bits per heavy atom. The molecule has 0 saturated heterocycles. The lowest BCUT2D eigenvalue weighted by Gasteiger charge is -2.11. The SMILES string of the molecule is CNCC(C)C(=O)NCCCc1ccc(Cl)cc1Cl. The van der Waals surface area contributed by atoms with Crippen molar-refractivity contribution in [2.45, 2.75) is 19.8 Å². The number of aryl methyl sites for hydroxylation is 1. The van der Waals surface area contributed by atoms with Gasteiger partial charge in [0.15, 0.2) is 0 Å². The van der Waals surface area contributed by atoms with Gasteiger partial charge in [-0.1, -0.05) is 36.2 Å². The van der Waals surface area contributed by atoms with Gasteiger partial charge in [0.05, 0.1) is 0 Å². The molecule has 5 heteroatoms. The lowest BCUT2D eigenvalue weighted by atomic mass is 10.1. The van der Waals surface area contributed by atoms with Crippen LogP contribution in [0.2, 0.25) is 10.0 Å². The molecule has 0 bridgehead atoms. The van der Waals surface area contributed by atoms with Crippen molar-refractivity contribution in [2.24, 2.45) is 5.92 Å². The number of nitrogens with one attached hydrogen (secondary N) is 2. The minimum absolute atomic E-state index is 0.0101. The quantitative estimate of drug-likeness (QED) is 0.761. The fourth-order valence-corrected chi connectivity index (χ4v) is 2.29. The number of amides is 1. The van der Waals surface area contributed by atoms with Crippen LogP contribution >= 0.6 is 23.2 Å². The maximum absolute atomic E-state index is 11.7. The predicted molar refractivity (Wildman–Crippen MR) is 80.9 cm³/mol. The van der Waals surface area contributed by atoms with Crippen LogP contribution in [-0.4, -0.2) is 26.0 Å². The number of benzene rings is 1. The smallest absolute Gasteiger partial charge is 0.224 e. The fourth-order valence-electron chi connectivity index (χ4n) is 1.79. The highest BCUT2D eigenvalue weighted by Crippen LogP contribution is 2.21. The van der Waals surface area contributed by atoms with Crippen molar-refractivity contribution in [3.05, 3.63) is 33.8 Å². The van der Waals surface area contributed by atoms with Gasteiger partial charge in [0, 0.05) is 29.1 Å². The molecule has 1 rings (SSSR count). The molecule has 106 valence electrons. The summed E-state index contributed by atoms with van der Waals surface area (Å²) in [6, 6.07) is 5.50. The summed E-state index contributed by atoms with van der Waals surface area (Å²) in [6.45, 7) is 3.25. The van der Waals surface area contributed by atoms with Crippen molar-refractivity contribution >= 4 is 29.1 Å². The van der Waals surface area contributed by atoms with E-state index in [0.717, 1.165) is 18.4 Å². The van der Waals surface area contributed by atoms with Crippen LogP contribution in [0.5, 0.6) is 0 Å². The Labute approximate surface area is 124 Å². The van der Waals surface area contributed by atoms with Crippen molar-refractivity contribution in [3.8, 4) is 0 Å². The number of carbonyl (C=O) groups excluding carboxylic acids is 1. The molecule has 1 atom stereocenters. The molecule has 0 saturated carbocycles. The van der Waals surface area contributed by atoms with Gasteiger partial charge in [-0.15, -0.1) is 0 Å². The summed E-state index contributed by atoms with van der Waals surface area (Å²) in [4.78, 5) is 11.7. The Balaban J connectivity index is 2.29. The number of hydrogen-bond acceptors (Lipinski definition) is 2. The molecule has 0 aromatic heterocycles. The molecule has 3 nitrogen and oxygen atoms in total. The van der Waals surface area contributed by atoms with E-state index >= 15 is 0 Å². The Morgan fingerprint density at radius 2 is 2.11 bits per heavy atom. The molecule has 1 unspecified atom stereocenters. The maximum atomic E-state index is 11.7. The summed E-state index contributed by atoms with van der Waals surface area (Å²) in [6.07, 6.45) is 1.69. The van der Waals surface area contributed by atoms with Gasteiger partial charge in [-0.2, -0.15) is 0 Å². The molecule has 0 aliphatic carbocycles. The molecular formula is C14H20Cl2N2O. The Kier molecular flexibility index (Phi) is 7.21.